The molecule has 0 atom stereocenters. The van der Waals surface area contributed by atoms with E-state index in [2.05, 4.69) is 20.6 Å². The van der Waals surface area contributed by atoms with Gasteiger partial charge in [0.15, 0.2) is 0 Å². The zero-order chi connectivity index (χ0) is 19.2. The standard InChI is InChI=1S/C18H22N4O4/c1-5-26-16(23)18(2,3)22-17(24)21-15-10-13(19-11-20-15)12-8-6-7-9-14(12)25-4/h6-11H,5H2,1-4H3,(H2,19,20,21,22,24). The summed E-state index contributed by atoms with van der Waals surface area (Å²) in [6, 6.07) is 8.44. The van der Waals surface area contributed by atoms with Gasteiger partial charge in [0.25, 0.3) is 0 Å². The Morgan fingerprint density at radius 2 is 1.92 bits per heavy atom. The molecule has 0 aliphatic carbocycles. The van der Waals surface area contributed by atoms with Crippen LogP contribution in [-0.4, -0.2) is 41.2 Å². The van der Waals surface area contributed by atoms with E-state index in [9.17, 15) is 9.59 Å². The zero-order valence-electron chi connectivity index (χ0n) is 15.2. The summed E-state index contributed by atoms with van der Waals surface area (Å²) in [6.45, 7) is 5.06. The van der Waals surface area contributed by atoms with Crippen molar-refractivity contribution in [1.29, 1.82) is 0 Å². The van der Waals surface area contributed by atoms with E-state index in [4.69, 9.17) is 9.47 Å². The first-order valence-electron chi connectivity index (χ1n) is 8.09. The van der Waals surface area contributed by atoms with Crippen LogP contribution in [0.1, 0.15) is 20.8 Å². The molecule has 0 radical (unpaired) electrons. The van der Waals surface area contributed by atoms with Gasteiger partial charge in [-0.05, 0) is 32.9 Å². The van der Waals surface area contributed by atoms with Crippen LogP contribution >= 0.6 is 0 Å². The Morgan fingerprint density at radius 1 is 1.19 bits per heavy atom. The number of aromatic nitrogens is 2. The highest BCUT2D eigenvalue weighted by Crippen LogP contribution is 2.28. The summed E-state index contributed by atoms with van der Waals surface area (Å²) in [6.07, 6.45) is 1.34. The molecule has 0 aliphatic heterocycles. The Balaban J connectivity index is 2.13. The lowest BCUT2D eigenvalue weighted by molar-refractivity contribution is -0.149. The molecule has 1 heterocycles. The first-order chi connectivity index (χ1) is 12.4. The summed E-state index contributed by atoms with van der Waals surface area (Å²) < 4.78 is 10.3. The van der Waals surface area contributed by atoms with Gasteiger partial charge in [-0.3, -0.25) is 5.32 Å². The molecule has 26 heavy (non-hydrogen) atoms. The molecule has 0 spiro atoms. The van der Waals surface area contributed by atoms with Crippen LogP contribution in [0.2, 0.25) is 0 Å². The molecule has 8 heteroatoms. The number of methoxy groups -OCH3 is 1. The molecule has 2 aromatic rings. The predicted molar refractivity (Wildman–Crippen MR) is 96.9 cm³/mol. The van der Waals surface area contributed by atoms with Crippen molar-refractivity contribution in [2.24, 2.45) is 0 Å². The van der Waals surface area contributed by atoms with Crippen molar-refractivity contribution in [3.05, 3.63) is 36.7 Å². The Hall–Kier alpha value is -3.16. The van der Waals surface area contributed by atoms with Crippen LogP contribution in [0.4, 0.5) is 10.6 Å². The number of ether oxygens (including phenoxy) is 2. The van der Waals surface area contributed by atoms with Gasteiger partial charge < -0.3 is 14.8 Å². The van der Waals surface area contributed by atoms with Crippen molar-refractivity contribution in [2.75, 3.05) is 19.0 Å². The van der Waals surface area contributed by atoms with Crippen LogP contribution in [0.15, 0.2) is 36.7 Å². The van der Waals surface area contributed by atoms with E-state index in [0.717, 1.165) is 5.56 Å². The van der Waals surface area contributed by atoms with Crippen LogP contribution in [0, 0.1) is 0 Å². The summed E-state index contributed by atoms with van der Waals surface area (Å²) in [4.78, 5) is 32.3. The highest BCUT2D eigenvalue weighted by molar-refractivity contribution is 5.93. The molecule has 2 amide bonds. The first kappa shape index (κ1) is 19.2. The molecule has 0 bridgehead atoms. The number of amides is 2. The molecule has 2 rings (SSSR count). The molecule has 1 aromatic carbocycles. The number of hydrogen-bond donors (Lipinski definition) is 2. The molecule has 0 fully saturated rings. The monoisotopic (exact) mass is 358 g/mol. The molecule has 0 saturated heterocycles. The average Bonchev–Trinajstić information content (AvgIpc) is 2.61. The number of para-hydroxylation sites is 1. The zero-order valence-corrected chi connectivity index (χ0v) is 15.2. The van der Waals surface area contributed by atoms with Crippen molar-refractivity contribution >= 4 is 17.8 Å². The van der Waals surface area contributed by atoms with E-state index in [0.29, 0.717) is 11.4 Å². The lowest BCUT2D eigenvalue weighted by Gasteiger charge is -2.23. The maximum Gasteiger partial charge on any atom is 0.331 e. The molecule has 138 valence electrons. The van der Waals surface area contributed by atoms with Gasteiger partial charge in [-0.15, -0.1) is 0 Å². The largest absolute Gasteiger partial charge is 0.496 e. The van der Waals surface area contributed by atoms with Gasteiger partial charge in [0.05, 0.1) is 19.4 Å². The number of carbonyl (C=O) groups is 2. The summed E-state index contributed by atoms with van der Waals surface area (Å²) in [5, 5.41) is 5.15. The summed E-state index contributed by atoms with van der Waals surface area (Å²) in [5.74, 6) is 0.427. The number of carbonyl (C=O) groups excluding carboxylic acids is 2. The van der Waals surface area contributed by atoms with Gasteiger partial charge >= 0.3 is 12.0 Å². The SMILES string of the molecule is CCOC(=O)C(C)(C)NC(=O)Nc1cc(-c2ccccc2OC)ncn1. The number of nitrogens with one attached hydrogen (secondary N) is 2. The fourth-order valence-corrected chi connectivity index (χ4v) is 2.22. The third kappa shape index (κ3) is 4.69. The number of nitrogens with zero attached hydrogens (tertiary/aromatic N) is 2. The van der Waals surface area contributed by atoms with Crippen molar-refractivity contribution in [3.63, 3.8) is 0 Å². The number of hydrogen-bond acceptors (Lipinski definition) is 6. The van der Waals surface area contributed by atoms with E-state index < -0.39 is 17.5 Å². The lowest BCUT2D eigenvalue weighted by atomic mass is 10.1. The van der Waals surface area contributed by atoms with Crippen LogP contribution in [0.25, 0.3) is 11.3 Å². The minimum atomic E-state index is -1.17. The first-order valence-corrected chi connectivity index (χ1v) is 8.09. The van der Waals surface area contributed by atoms with Gasteiger partial charge in [-0.2, -0.15) is 0 Å². The highest BCUT2D eigenvalue weighted by Gasteiger charge is 2.31. The maximum absolute atomic E-state index is 12.2. The number of urea groups is 1. The number of anilines is 1. The fraction of sp³-hybridized carbons (Fsp3) is 0.333. The van der Waals surface area contributed by atoms with Crippen LogP contribution < -0.4 is 15.4 Å². The number of rotatable bonds is 6. The molecule has 0 aliphatic rings. The maximum atomic E-state index is 12.2. The number of esters is 1. The molecular weight excluding hydrogens is 336 g/mol. The minimum Gasteiger partial charge on any atom is -0.496 e. The van der Waals surface area contributed by atoms with Gasteiger partial charge in [-0.1, -0.05) is 12.1 Å². The second-order valence-corrected chi connectivity index (χ2v) is 5.91. The van der Waals surface area contributed by atoms with Gasteiger partial charge in [0.1, 0.15) is 23.4 Å². The summed E-state index contributed by atoms with van der Waals surface area (Å²) in [7, 11) is 1.57. The van der Waals surface area contributed by atoms with Gasteiger partial charge in [0, 0.05) is 11.6 Å². The third-order valence-electron chi connectivity index (χ3n) is 3.50. The van der Waals surface area contributed by atoms with Crippen molar-refractivity contribution < 1.29 is 19.1 Å². The molecule has 2 N–H and O–H groups in total. The van der Waals surface area contributed by atoms with Crippen LogP contribution in [0.5, 0.6) is 5.75 Å². The van der Waals surface area contributed by atoms with E-state index in [1.807, 2.05) is 24.3 Å². The third-order valence-corrected chi connectivity index (χ3v) is 3.50. The Bertz CT molecular complexity index is 792. The Labute approximate surface area is 151 Å². The van der Waals surface area contributed by atoms with E-state index >= 15 is 0 Å². The molecule has 1 aromatic heterocycles. The van der Waals surface area contributed by atoms with Gasteiger partial charge in [-0.25, -0.2) is 19.6 Å². The summed E-state index contributed by atoms with van der Waals surface area (Å²) >= 11 is 0. The average molecular weight is 358 g/mol. The van der Waals surface area contributed by atoms with Crippen molar-refractivity contribution in [2.45, 2.75) is 26.3 Å². The second kappa shape index (κ2) is 8.28. The smallest absolute Gasteiger partial charge is 0.331 e. The normalized spacial score (nSPS) is 10.8. The van der Waals surface area contributed by atoms with Crippen molar-refractivity contribution in [1.82, 2.24) is 15.3 Å². The quantitative estimate of drug-likeness (QED) is 0.770. The summed E-state index contributed by atoms with van der Waals surface area (Å²) in [5.41, 5.74) is 0.198. The Kier molecular flexibility index (Phi) is 6.11. The fourth-order valence-electron chi connectivity index (χ4n) is 2.22. The molecular formula is C18H22N4O4. The Morgan fingerprint density at radius 3 is 2.62 bits per heavy atom. The topological polar surface area (TPSA) is 102 Å². The lowest BCUT2D eigenvalue weighted by Crippen LogP contribution is -2.52. The number of benzene rings is 1. The molecule has 0 unspecified atom stereocenters. The van der Waals surface area contributed by atoms with Crippen LogP contribution in [-0.2, 0) is 9.53 Å². The molecule has 8 nitrogen and oxygen atoms in total. The van der Waals surface area contributed by atoms with Crippen molar-refractivity contribution in [3.8, 4) is 17.0 Å². The molecule has 0 saturated carbocycles. The van der Waals surface area contributed by atoms with Gasteiger partial charge in [0.2, 0.25) is 0 Å². The van der Waals surface area contributed by atoms with E-state index in [-0.39, 0.29) is 12.4 Å². The van der Waals surface area contributed by atoms with E-state index in [1.54, 1.807) is 33.9 Å². The predicted octanol–water partition coefficient (Wildman–Crippen LogP) is 2.62. The van der Waals surface area contributed by atoms with Crippen LogP contribution in [0.3, 0.4) is 0 Å². The highest BCUT2D eigenvalue weighted by atomic mass is 16.5. The second-order valence-electron chi connectivity index (χ2n) is 5.91. The minimum absolute atomic E-state index is 0.236. The van der Waals surface area contributed by atoms with E-state index in [1.165, 1.54) is 6.33 Å².